The SMILES string of the molecule is CCCCN(CC)[SiH2]C. The molecule has 0 atom stereocenters. The highest BCUT2D eigenvalue weighted by atomic mass is 28.2. The first-order chi connectivity index (χ1) is 4.35. The topological polar surface area (TPSA) is 3.24 Å². The van der Waals surface area contributed by atoms with Gasteiger partial charge in [0.1, 0.15) is 0 Å². The molecule has 1 nitrogen and oxygen atoms in total. The summed E-state index contributed by atoms with van der Waals surface area (Å²) < 4.78 is 2.60. The summed E-state index contributed by atoms with van der Waals surface area (Å²) in [6.45, 7) is 9.48. The number of hydrogen-bond donors (Lipinski definition) is 0. The van der Waals surface area contributed by atoms with Gasteiger partial charge < -0.3 is 4.57 Å². The molecule has 0 N–H and O–H groups in total. The fourth-order valence-electron chi connectivity index (χ4n) is 0.922. The van der Waals surface area contributed by atoms with Gasteiger partial charge in [-0.25, -0.2) is 0 Å². The van der Waals surface area contributed by atoms with Crippen LogP contribution in [0.5, 0.6) is 0 Å². The molecule has 56 valence electrons. The third kappa shape index (κ3) is 4.67. The monoisotopic (exact) mass is 145 g/mol. The Kier molecular flexibility index (Phi) is 6.42. The van der Waals surface area contributed by atoms with Gasteiger partial charge in [0.25, 0.3) is 0 Å². The van der Waals surface area contributed by atoms with Gasteiger partial charge in [0.05, 0.1) is 9.68 Å². The summed E-state index contributed by atoms with van der Waals surface area (Å²) in [7, 11) is 0.141. The van der Waals surface area contributed by atoms with E-state index < -0.39 is 0 Å². The molecular weight excluding hydrogens is 126 g/mol. The summed E-state index contributed by atoms with van der Waals surface area (Å²) in [5, 5.41) is 0. The van der Waals surface area contributed by atoms with Gasteiger partial charge in [-0.05, 0) is 19.5 Å². The van der Waals surface area contributed by atoms with Crippen LogP contribution < -0.4 is 0 Å². The normalized spacial score (nSPS) is 12.0. The molecule has 0 heterocycles. The van der Waals surface area contributed by atoms with Crippen LogP contribution in [0.1, 0.15) is 26.7 Å². The van der Waals surface area contributed by atoms with E-state index in [1.54, 1.807) is 0 Å². The average Bonchev–Trinajstić information content (AvgIpc) is 1.91. The maximum Gasteiger partial charge on any atom is 0.0919 e. The quantitative estimate of drug-likeness (QED) is 0.526. The summed E-state index contributed by atoms with van der Waals surface area (Å²) in [6, 6.07) is 0. The standard InChI is InChI=1S/C7H19NSi/c1-4-6-7-8(5-2)9-3/h4-7,9H2,1-3H3. The van der Waals surface area contributed by atoms with Crippen LogP contribution in [0.25, 0.3) is 0 Å². The highest BCUT2D eigenvalue weighted by molar-refractivity contribution is 6.29. The molecule has 0 saturated carbocycles. The fourth-order valence-corrected chi connectivity index (χ4v) is 1.91. The van der Waals surface area contributed by atoms with E-state index in [0.29, 0.717) is 0 Å². The number of unbranched alkanes of at least 4 members (excludes halogenated alkanes) is 1. The molecule has 0 aromatic rings. The third-order valence-corrected chi connectivity index (χ3v) is 3.38. The lowest BCUT2D eigenvalue weighted by atomic mass is 10.3. The Balaban J connectivity index is 3.09. The summed E-state index contributed by atoms with van der Waals surface area (Å²) in [4.78, 5) is 0. The Bertz CT molecular complexity index is 52.9. The van der Waals surface area contributed by atoms with E-state index in [9.17, 15) is 0 Å². The smallest absolute Gasteiger partial charge is 0.0919 e. The largest absolute Gasteiger partial charge is 0.330 e. The second-order valence-corrected chi connectivity index (χ2v) is 3.91. The summed E-state index contributed by atoms with van der Waals surface area (Å²) >= 11 is 0. The molecule has 0 spiro atoms. The van der Waals surface area contributed by atoms with Crippen molar-refractivity contribution in [2.75, 3.05) is 13.1 Å². The van der Waals surface area contributed by atoms with Crippen LogP contribution in [0, 0.1) is 0 Å². The molecule has 0 aliphatic carbocycles. The molecule has 0 saturated heterocycles. The zero-order chi connectivity index (χ0) is 7.11. The van der Waals surface area contributed by atoms with Crippen molar-refractivity contribution >= 4 is 9.68 Å². The van der Waals surface area contributed by atoms with Crippen LogP contribution >= 0.6 is 0 Å². The highest BCUT2D eigenvalue weighted by Gasteiger charge is 1.95. The van der Waals surface area contributed by atoms with Gasteiger partial charge in [-0.3, -0.25) is 0 Å². The van der Waals surface area contributed by atoms with Gasteiger partial charge in [-0.15, -0.1) is 0 Å². The predicted molar refractivity (Wildman–Crippen MR) is 46.6 cm³/mol. The van der Waals surface area contributed by atoms with E-state index in [-0.39, 0.29) is 9.68 Å². The minimum Gasteiger partial charge on any atom is -0.330 e. The van der Waals surface area contributed by atoms with Crippen LogP contribution in [-0.4, -0.2) is 27.3 Å². The summed E-state index contributed by atoms with van der Waals surface area (Å²) in [5.74, 6) is 0. The number of rotatable bonds is 5. The highest BCUT2D eigenvalue weighted by Crippen LogP contribution is 1.91. The van der Waals surface area contributed by atoms with Crippen LogP contribution in [0.4, 0.5) is 0 Å². The Morgan fingerprint density at radius 3 is 2.33 bits per heavy atom. The van der Waals surface area contributed by atoms with E-state index in [0.717, 1.165) is 0 Å². The number of nitrogens with zero attached hydrogens (tertiary/aromatic N) is 1. The molecule has 0 aromatic heterocycles. The van der Waals surface area contributed by atoms with Gasteiger partial charge in [-0.1, -0.05) is 26.8 Å². The lowest BCUT2D eigenvalue weighted by molar-refractivity contribution is 0.454. The lowest BCUT2D eigenvalue weighted by Gasteiger charge is -2.16. The van der Waals surface area contributed by atoms with Crippen LogP contribution in [0.2, 0.25) is 6.55 Å². The van der Waals surface area contributed by atoms with Crippen molar-refractivity contribution in [3.05, 3.63) is 0 Å². The van der Waals surface area contributed by atoms with Crippen molar-refractivity contribution in [2.45, 2.75) is 33.2 Å². The fraction of sp³-hybridized carbons (Fsp3) is 1.00. The van der Waals surface area contributed by atoms with Gasteiger partial charge in [0.2, 0.25) is 0 Å². The Labute approximate surface area is 61.3 Å². The first kappa shape index (κ1) is 9.18. The molecule has 2 heteroatoms. The van der Waals surface area contributed by atoms with Gasteiger partial charge >= 0.3 is 0 Å². The molecule has 0 radical (unpaired) electrons. The van der Waals surface area contributed by atoms with E-state index >= 15 is 0 Å². The Hall–Kier alpha value is 0.177. The predicted octanol–water partition coefficient (Wildman–Crippen LogP) is 1.24. The molecule has 0 unspecified atom stereocenters. The lowest BCUT2D eigenvalue weighted by Crippen LogP contribution is -2.26. The summed E-state index contributed by atoms with van der Waals surface area (Å²) in [6.07, 6.45) is 2.72. The maximum absolute atomic E-state index is 2.60. The molecular formula is C7H19NSi. The minimum absolute atomic E-state index is 0.141. The van der Waals surface area contributed by atoms with Crippen LogP contribution in [-0.2, 0) is 0 Å². The van der Waals surface area contributed by atoms with Crippen LogP contribution in [0.15, 0.2) is 0 Å². The summed E-state index contributed by atoms with van der Waals surface area (Å²) in [5.41, 5.74) is 0. The molecule has 0 rings (SSSR count). The minimum atomic E-state index is 0.141. The van der Waals surface area contributed by atoms with Crippen molar-refractivity contribution in [1.29, 1.82) is 0 Å². The van der Waals surface area contributed by atoms with Gasteiger partial charge in [-0.2, -0.15) is 0 Å². The molecule has 0 aliphatic heterocycles. The van der Waals surface area contributed by atoms with Crippen molar-refractivity contribution in [3.63, 3.8) is 0 Å². The average molecular weight is 145 g/mol. The van der Waals surface area contributed by atoms with E-state index in [2.05, 4.69) is 25.0 Å². The first-order valence-corrected chi connectivity index (χ1v) is 6.12. The zero-order valence-corrected chi connectivity index (χ0v) is 8.40. The van der Waals surface area contributed by atoms with Gasteiger partial charge in [0.15, 0.2) is 0 Å². The third-order valence-electron chi connectivity index (χ3n) is 1.72. The second-order valence-electron chi connectivity index (χ2n) is 2.38. The van der Waals surface area contributed by atoms with E-state index in [1.165, 1.54) is 25.9 Å². The zero-order valence-electron chi connectivity index (χ0n) is 6.98. The Morgan fingerprint density at radius 2 is 2.00 bits per heavy atom. The molecule has 0 fully saturated rings. The van der Waals surface area contributed by atoms with Crippen molar-refractivity contribution in [2.24, 2.45) is 0 Å². The Morgan fingerprint density at radius 1 is 1.33 bits per heavy atom. The molecule has 0 aromatic carbocycles. The molecule has 9 heavy (non-hydrogen) atoms. The van der Waals surface area contributed by atoms with Crippen molar-refractivity contribution in [1.82, 2.24) is 4.57 Å². The molecule has 0 bridgehead atoms. The molecule has 0 aliphatic rings. The second kappa shape index (κ2) is 6.30. The van der Waals surface area contributed by atoms with Crippen molar-refractivity contribution < 1.29 is 0 Å². The van der Waals surface area contributed by atoms with E-state index in [1.807, 2.05) is 0 Å². The van der Waals surface area contributed by atoms with Crippen molar-refractivity contribution in [3.8, 4) is 0 Å². The van der Waals surface area contributed by atoms with E-state index in [4.69, 9.17) is 0 Å². The molecule has 0 amide bonds. The van der Waals surface area contributed by atoms with Crippen LogP contribution in [0.3, 0.4) is 0 Å². The number of hydrogen-bond acceptors (Lipinski definition) is 1. The maximum atomic E-state index is 2.60. The van der Waals surface area contributed by atoms with Gasteiger partial charge in [0, 0.05) is 0 Å². The first-order valence-electron chi connectivity index (χ1n) is 4.07.